The first-order valence-corrected chi connectivity index (χ1v) is 10.8. The van der Waals surface area contributed by atoms with Crippen molar-refractivity contribution >= 4 is 22.4 Å². The Morgan fingerprint density at radius 1 is 1.24 bits per heavy atom. The number of hydrogen-bond donors (Lipinski definition) is 1. The lowest BCUT2D eigenvalue weighted by Gasteiger charge is -2.34. The number of rotatable bonds is 4. The van der Waals surface area contributed by atoms with Crippen molar-refractivity contribution < 1.29 is 13.1 Å². The largest absolute Gasteiger partial charge is 0.426 e. The number of aryl methyl sites for hydroxylation is 1. The van der Waals surface area contributed by atoms with Crippen molar-refractivity contribution in [2.24, 2.45) is 5.41 Å². The van der Waals surface area contributed by atoms with Gasteiger partial charge in [-0.05, 0) is 68.9 Å². The molecule has 1 atom stereocenters. The van der Waals surface area contributed by atoms with Crippen LogP contribution in [-0.2, 0) is 21.1 Å². The van der Waals surface area contributed by atoms with E-state index >= 15 is 0 Å². The Labute approximate surface area is 152 Å². The first kappa shape index (κ1) is 18.9. The molecule has 25 heavy (non-hydrogen) atoms. The zero-order valence-corrected chi connectivity index (χ0v) is 17.0. The Bertz CT molecular complexity index is 755. The molecule has 0 bridgehead atoms. The van der Waals surface area contributed by atoms with E-state index in [1.54, 1.807) is 13.8 Å². The van der Waals surface area contributed by atoms with Gasteiger partial charge in [0, 0.05) is 6.04 Å². The Kier molecular flexibility index (Phi) is 4.62. The predicted octanol–water partition coefficient (Wildman–Crippen LogP) is 3.04. The van der Waals surface area contributed by atoms with E-state index in [4.69, 9.17) is 4.65 Å². The highest BCUT2D eigenvalue weighted by atomic mass is 32.2. The van der Waals surface area contributed by atoms with Crippen LogP contribution in [0.4, 0.5) is 0 Å². The second-order valence-electron chi connectivity index (χ2n) is 8.97. The van der Waals surface area contributed by atoms with Gasteiger partial charge in [-0.1, -0.05) is 32.0 Å². The van der Waals surface area contributed by atoms with Crippen molar-refractivity contribution in [2.45, 2.75) is 77.6 Å². The average Bonchev–Trinajstić information content (AvgIpc) is 2.96. The first-order valence-electron chi connectivity index (χ1n) is 9.25. The Morgan fingerprint density at radius 2 is 1.92 bits per heavy atom. The van der Waals surface area contributed by atoms with E-state index in [1.807, 2.05) is 0 Å². The minimum atomic E-state index is -3.26. The van der Waals surface area contributed by atoms with Gasteiger partial charge in [0.05, 0.1) is 10.9 Å². The highest BCUT2D eigenvalue weighted by Crippen LogP contribution is 2.45. The van der Waals surface area contributed by atoms with Crippen LogP contribution < -0.4 is 10.2 Å². The molecule has 1 aliphatic heterocycles. The molecule has 0 spiro atoms. The standard InChI is InChI=1S/C19H30BNO3S/c1-13(2)25(22,23)21-17-10-7-14-11-15(8-9-16(14)17)20-12-18(3,4)19(5,6)24-20/h8-9,11,13,17,21H,7,10,12H2,1-6H3. The third-order valence-electron chi connectivity index (χ3n) is 6.31. The van der Waals surface area contributed by atoms with Crippen LogP contribution in [0.1, 0.15) is 65.1 Å². The number of nitrogens with one attached hydrogen (secondary N) is 1. The summed E-state index contributed by atoms with van der Waals surface area (Å²) in [7, 11) is -3.26. The second kappa shape index (κ2) is 6.10. The molecule has 1 aromatic rings. The van der Waals surface area contributed by atoms with Gasteiger partial charge in [-0.15, -0.1) is 0 Å². The summed E-state index contributed by atoms with van der Waals surface area (Å²) >= 11 is 0. The quantitative estimate of drug-likeness (QED) is 0.837. The average molecular weight is 363 g/mol. The van der Waals surface area contributed by atoms with Crippen LogP contribution in [-0.4, -0.2) is 26.2 Å². The Balaban J connectivity index is 1.81. The van der Waals surface area contributed by atoms with Crippen molar-refractivity contribution in [3.63, 3.8) is 0 Å². The summed E-state index contributed by atoms with van der Waals surface area (Å²) < 4.78 is 33.6. The van der Waals surface area contributed by atoms with Crippen LogP contribution in [0.2, 0.25) is 6.32 Å². The van der Waals surface area contributed by atoms with Crippen molar-refractivity contribution in [3.8, 4) is 0 Å². The van der Waals surface area contributed by atoms with Gasteiger partial charge in [0.1, 0.15) is 0 Å². The summed E-state index contributed by atoms with van der Waals surface area (Å²) in [5.41, 5.74) is 3.56. The molecule has 0 saturated carbocycles. The highest BCUT2D eigenvalue weighted by Gasteiger charge is 2.49. The van der Waals surface area contributed by atoms with E-state index in [1.165, 1.54) is 11.0 Å². The molecule has 1 unspecified atom stereocenters. The van der Waals surface area contributed by atoms with Gasteiger partial charge >= 0.3 is 6.92 Å². The minimum absolute atomic E-state index is 0.103. The molecule has 0 amide bonds. The molecule has 4 nitrogen and oxygen atoms in total. The molecule has 3 rings (SSSR count). The summed E-state index contributed by atoms with van der Waals surface area (Å²) in [6.07, 6.45) is 2.74. The molecule has 1 fully saturated rings. The summed E-state index contributed by atoms with van der Waals surface area (Å²) in [5, 5.41) is -0.410. The van der Waals surface area contributed by atoms with Crippen molar-refractivity contribution in [1.82, 2.24) is 4.72 Å². The van der Waals surface area contributed by atoms with E-state index in [9.17, 15) is 8.42 Å². The normalized spacial score (nSPS) is 24.8. The van der Waals surface area contributed by atoms with Crippen LogP contribution >= 0.6 is 0 Å². The van der Waals surface area contributed by atoms with Gasteiger partial charge in [0.15, 0.2) is 0 Å². The maximum atomic E-state index is 12.2. The van der Waals surface area contributed by atoms with E-state index in [0.29, 0.717) is 0 Å². The topological polar surface area (TPSA) is 55.4 Å². The monoisotopic (exact) mass is 363 g/mol. The maximum Gasteiger partial charge on any atom is 0.327 e. The maximum absolute atomic E-state index is 12.2. The summed E-state index contributed by atoms with van der Waals surface area (Å²) in [5.74, 6) is 0. The molecule has 138 valence electrons. The summed E-state index contributed by atoms with van der Waals surface area (Å²) in [4.78, 5) is 0. The Hall–Kier alpha value is -0.845. The fourth-order valence-electron chi connectivity index (χ4n) is 3.75. The number of hydrogen-bond acceptors (Lipinski definition) is 3. The van der Waals surface area contributed by atoms with Gasteiger partial charge in [0.25, 0.3) is 0 Å². The molecule has 1 aliphatic carbocycles. The summed E-state index contributed by atoms with van der Waals surface area (Å²) in [6.45, 7) is 12.4. The van der Waals surface area contributed by atoms with Crippen LogP contribution in [0.15, 0.2) is 18.2 Å². The molecule has 0 aromatic heterocycles. The molecular weight excluding hydrogens is 333 g/mol. The molecule has 1 aromatic carbocycles. The molecule has 1 heterocycles. The summed E-state index contributed by atoms with van der Waals surface area (Å²) in [6, 6.07) is 6.32. The molecule has 1 saturated heterocycles. The molecule has 0 radical (unpaired) electrons. The van der Waals surface area contributed by atoms with Crippen molar-refractivity contribution in [1.29, 1.82) is 0 Å². The van der Waals surface area contributed by atoms with Crippen molar-refractivity contribution in [2.75, 3.05) is 0 Å². The Morgan fingerprint density at radius 3 is 2.48 bits per heavy atom. The SMILES string of the molecule is CC(C)S(=O)(=O)NC1CCc2cc(B3CC(C)(C)C(C)(C)O3)ccc21. The van der Waals surface area contributed by atoms with Crippen LogP contribution in [0.25, 0.3) is 0 Å². The van der Waals surface area contributed by atoms with Gasteiger partial charge < -0.3 is 4.65 Å². The van der Waals surface area contributed by atoms with E-state index in [2.05, 4.69) is 50.6 Å². The minimum Gasteiger partial charge on any atom is -0.426 e. The van der Waals surface area contributed by atoms with E-state index in [0.717, 1.165) is 24.7 Å². The number of sulfonamides is 1. The van der Waals surface area contributed by atoms with Crippen LogP contribution in [0.5, 0.6) is 0 Å². The molecule has 1 N–H and O–H groups in total. The van der Waals surface area contributed by atoms with Crippen molar-refractivity contribution in [3.05, 3.63) is 29.3 Å². The highest BCUT2D eigenvalue weighted by molar-refractivity contribution is 7.90. The van der Waals surface area contributed by atoms with Gasteiger partial charge in [-0.2, -0.15) is 0 Å². The zero-order valence-electron chi connectivity index (χ0n) is 16.2. The lowest BCUT2D eigenvalue weighted by atomic mass is 9.54. The van der Waals surface area contributed by atoms with E-state index < -0.39 is 15.3 Å². The molecular formula is C19H30BNO3S. The predicted molar refractivity (Wildman–Crippen MR) is 104 cm³/mol. The lowest BCUT2D eigenvalue weighted by molar-refractivity contribution is 0.0375. The van der Waals surface area contributed by atoms with Gasteiger partial charge in [0.2, 0.25) is 10.0 Å². The van der Waals surface area contributed by atoms with E-state index in [-0.39, 0.29) is 24.0 Å². The lowest BCUT2D eigenvalue weighted by Crippen LogP contribution is -2.36. The van der Waals surface area contributed by atoms with Crippen LogP contribution in [0.3, 0.4) is 0 Å². The first-order chi connectivity index (χ1) is 11.4. The zero-order chi connectivity index (χ0) is 18.6. The molecule has 6 heteroatoms. The third-order valence-corrected chi connectivity index (χ3v) is 8.16. The number of benzene rings is 1. The fraction of sp³-hybridized carbons (Fsp3) is 0.684. The second-order valence-corrected chi connectivity index (χ2v) is 11.2. The number of fused-ring (bicyclic) bond motifs is 1. The smallest absolute Gasteiger partial charge is 0.327 e. The third kappa shape index (κ3) is 3.41. The fourth-order valence-corrected chi connectivity index (χ4v) is 4.66. The van der Waals surface area contributed by atoms with Gasteiger partial charge in [-0.3, -0.25) is 0 Å². The van der Waals surface area contributed by atoms with Gasteiger partial charge in [-0.25, -0.2) is 13.1 Å². The molecule has 2 aliphatic rings. The van der Waals surface area contributed by atoms with Crippen LogP contribution in [0, 0.1) is 5.41 Å².